The van der Waals surface area contributed by atoms with E-state index in [0.29, 0.717) is 17.5 Å². The van der Waals surface area contributed by atoms with Crippen LogP contribution in [0, 0.1) is 17.8 Å². The minimum Gasteiger partial charge on any atom is -0.339 e. The number of nitrogens with zero attached hydrogens (tertiary/aromatic N) is 3. The van der Waals surface area contributed by atoms with Gasteiger partial charge in [0.2, 0.25) is 5.91 Å². The molecule has 8 heteroatoms. The fourth-order valence-electron chi connectivity index (χ4n) is 5.56. The minimum atomic E-state index is -0.574. The average molecular weight is 503 g/mol. The summed E-state index contributed by atoms with van der Waals surface area (Å²) in [5, 5.41) is 18.1. The van der Waals surface area contributed by atoms with Crippen LogP contribution in [-0.4, -0.2) is 37.8 Å². The van der Waals surface area contributed by atoms with Gasteiger partial charge in [0.15, 0.2) is 0 Å². The number of carbonyl (C=O) groups is 2. The van der Waals surface area contributed by atoms with Crippen LogP contribution in [0.1, 0.15) is 81.3 Å². The van der Waals surface area contributed by atoms with Gasteiger partial charge in [-0.3, -0.25) is 19.4 Å². The van der Waals surface area contributed by atoms with Crippen molar-refractivity contribution in [2.24, 2.45) is 17.8 Å². The van der Waals surface area contributed by atoms with Gasteiger partial charge in [-0.15, -0.1) is 0 Å². The van der Waals surface area contributed by atoms with Gasteiger partial charge in [-0.05, 0) is 93.9 Å². The molecule has 8 nitrogen and oxygen atoms in total. The summed E-state index contributed by atoms with van der Waals surface area (Å²) in [5.41, 5.74) is 5.62. The zero-order valence-electron chi connectivity index (χ0n) is 22.3. The second-order valence-corrected chi connectivity index (χ2v) is 10.8. The standard InChI is InChI=1S/C29H38N6O2/c1-5-22-26(23(6-2)34-33-22)20-11-13-21(14-12-20)31-29(37)27(25(18-7-8-18)19-9-10-19)32-28(36)24-15-16-30-35(24)17(3)4/h11-19,25,27H,5-10H2,1-4H3,(H,31,37)(H,32,36)(H,33,34). The van der Waals surface area contributed by atoms with Crippen molar-refractivity contribution < 1.29 is 9.59 Å². The first-order valence-corrected chi connectivity index (χ1v) is 13.7. The van der Waals surface area contributed by atoms with E-state index in [9.17, 15) is 9.59 Å². The van der Waals surface area contributed by atoms with E-state index >= 15 is 0 Å². The molecule has 2 amide bonds. The summed E-state index contributed by atoms with van der Waals surface area (Å²) in [7, 11) is 0. The zero-order chi connectivity index (χ0) is 26.1. The van der Waals surface area contributed by atoms with E-state index in [0.717, 1.165) is 66.7 Å². The van der Waals surface area contributed by atoms with Crippen molar-refractivity contribution in [2.75, 3.05) is 5.32 Å². The van der Waals surface area contributed by atoms with E-state index in [1.165, 1.54) is 0 Å². The first-order chi connectivity index (χ1) is 17.9. The van der Waals surface area contributed by atoms with Crippen LogP contribution < -0.4 is 10.6 Å². The molecule has 3 aromatic rings. The number of hydrogen-bond acceptors (Lipinski definition) is 4. The Labute approximate surface area is 218 Å². The van der Waals surface area contributed by atoms with Gasteiger partial charge in [0.05, 0.1) is 5.69 Å². The first-order valence-electron chi connectivity index (χ1n) is 13.7. The fraction of sp³-hybridized carbons (Fsp3) is 0.517. The lowest BCUT2D eigenvalue weighted by molar-refractivity contribution is -0.119. The lowest BCUT2D eigenvalue weighted by atomic mass is 9.88. The Morgan fingerprint density at radius 1 is 1.03 bits per heavy atom. The van der Waals surface area contributed by atoms with Crippen LogP contribution in [0.4, 0.5) is 5.69 Å². The number of H-pyrrole nitrogens is 1. The van der Waals surface area contributed by atoms with Gasteiger partial charge >= 0.3 is 0 Å². The van der Waals surface area contributed by atoms with E-state index < -0.39 is 6.04 Å². The lowest BCUT2D eigenvalue weighted by Crippen LogP contribution is -2.50. The molecule has 196 valence electrons. The average Bonchev–Trinajstić information content (AvgIpc) is 3.82. The third-order valence-corrected chi connectivity index (χ3v) is 7.72. The molecule has 0 saturated heterocycles. The van der Waals surface area contributed by atoms with Crippen LogP contribution >= 0.6 is 0 Å². The third-order valence-electron chi connectivity index (χ3n) is 7.72. The second-order valence-electron chi connectivity index (χ2n) is 10.8. The van der Waals surface area contributed by atoms with Crippen molar-refractivity contribution in [3.63, 3.8) is 0 Å². The van der Waals surface area contributed by atoms with E-state index in [1.807, 2.05) is 38.1 Å². The molecule has 0 bridgehead atoms. The predicted octanol–water partition coefficient (Wildman–Crippen LogP) is 5.15. The highest BCUT2D eigenvalue weighted by atomic mass is 16.2. The summed E-state index contributed by atoms with van der Waals surface area (Å²) in [6.45, 7) is 8.20. The van der Waals surface area contributed by atoms with Crippen LogP contribution in [0.25, 0.3) is 11.1 Å². The molecule has 0 spiro atoms. The van der Waals surface area contributed by atoms with Crippen molar-refractivity contribution >= 4 is 17.5 Å². The molecule has 0 radical (unpaired) electrons. The second kappa shape index (κ2) is 10.5. The molecular weight excluding hydrogens is 464 g/mol. The molecule has 1 aromatic carbocycles. The molecule has 2 aliphatic carbocycles. The molecule has 2 aromatic heterocycles. The topological polar surface area (TPSA) is 105 Å². The van der Waals surface area contributed by atoms with Gasteiger partial charge < -0.3 is 10.6 Å². The number of benzene rings is 1. The van der Waals surface area contributed by atoms with Crippen LogP contribution in [0.3, 0.4) is 0 Å². The van der Waals surface area contributed by atoms with Crippen molar-refractivity contribution in [3.05, 3.63) is 53.6 Å². The highest BCUT2D eigenvalue weighted by Gasteiger charge is 2.48. The third kappa shape index (κ3) is 5.33. The zero-order valence-corrected chi connectivity index (χ0v) is 22.3. The summed E-state index contributed by atoms with van der Waals surface area (Å²) < 4.78 is 1.71. The number of hydrogen-bond donors (Lipinski definition) is 3. The Hall–Kier alpha value is -3.42. The van der Waals surface area contributed by atoms with Crippen LogP contribution in [0.2, 0.25) is 0 Å². The van der Waals surface area contributed by atoms with Crippen LogP contribution in [0.15, 0.2) is 36.5 Å². The van der Waals surface area contributed by atoms with E-state index in [2.05, 4.69) is 39.8 Å². The van der Waals surface area contributed by atoms with Gasteiger partial charge in [0.1, 0.15) is 11.7 Å². The van der Waals surface area contributed by atoms with Gasteiger partial charge in [-0.1, -0.05) is 26.0 Å². The molecule has 2 heterocycles. The Kier molecular flexibility index (Phi) is 7.17. The van der Waals surface area contributed by atoms with Crippen LogP contribution in [-0.2, 0) is 17.6 Å². The maximum atomic E-state index is 13.7. The summed E-state index contributed by atoms with van der Waals surface area (Å²) in [4.78, 5) is 27.0. The summed E-state index contributed by atoms with van der Waals surface area (Å²) in [6, 6.07) is 9.15. The molecule has 2 saturated carbocycles. The molecule has 2 aliphatic rings. The molecule has 1 atom stereocenters. The Bertz CT molecular complexity index is 1220. The fourth-order valence-corrected chi connectivity index (χ4v) is 5.56. The highest BCUT2D eigenvalue weighted by Crippen LogP contribution is 2.51. The first kappa shape index (κ1) is 25.2. The number of aryl methyl sites for hydroxylation is 2. The monoisotopic (exact) mass is 502 g/mol. The van der Waals surface area contributed by atoms with Gasteiger partial charge in [-0.2, -0.15) is 10.2 Å². The lowest BCUT2D eigenvalue weighted by Gasteiger charge is -2.28. The highest BCUT2D eigenvalue weighted by molar-refractivity contribution is 6.01. The molecular formula is C29H38N6O2. The number of rotatable bonds is 11. The van der Waals surface area contributed by atoms with Crippen molar-refractivity contribution in [1.29, 1.82) is 0 Å². The minimum absolute atomic E-state index is 0.0564. The van der Waals surface area contributed by atoms with E-state index in [1.54, 1.807) is 16.9 Å². The Balaban J connectivity index is 1.36. The van der Waals surface area contributed by atoms with Crippen molar-refractivity contribution in [3.8, 4) is 11.1 Å². The number of anilines is 1. The number of amides is 2. The van der Waals surface area contributed by atoms with Crippen molar-refractivity contribution in [1.82, 2.24) is 25.3 Å². The number of carbonyl (C=O) groups excluding carboxylic acids is 2. The summed E-state index contributed by atoms with van der Waals surface area (Å²) in [6.07, 6.45) is 7.88. The van der Waals surface area contributed by atoms with E-state index in [-0.39, 0.29) is 23.8 Å². The molecule has 3 N–H and O–H groups in total. The molecule has 0 aliphatic heterocycles. The van der Waals surface area contributed by atoms with Gasteiger partial charge in [0.25, 0.3) is 5.91 Å². The predicted molar refractivity (Wildman–Crippen MR) is 144 cm³/mol. The molecule has 2 fully saturated rings. The number of aromatic nitrogens is 4. The molecule has 37 heavy (non-hydrogen) atoms. The summed E-state index contributed by atoms with van der Waals surface area (Å²) in [5.74, 6) is 0.784. The SMILES string of the molecule is CCc1n[nH]c(CC)c1-c1ccc(NC(=O)C(NC(=O)c2ccnn2C(C)C)C(C2CC2)C2CC2)cc1. The maximum Gasteiger partial charge on any atom is 0.270 e. The smallest absolute Gasteiger partial charge is 0.270 e. The van der Waals surface area contributed by atoms with Gasteiger partial charge in [0, 0.05) is 29.2 Å². The maximum absolute atomic E-state index is 13.7. The summed E-state index contributed by atoms with van der Waals surface area (Å²) >= 11 is 0. The Morgan fingerprint density at radius 3 is 2.27 bits per heavy atom. The number of nitrogens with one attached hydrogen (secondary N) is 3. The van der Waals surface area contributed by atoms with Crippen molar-refractivity contribution in [2.45, 2.75) is 78.3 Å². The molecule has 1 unspecified atom stereocenters. The normalized spacial score (nSPS) is 16.3. The number of aromatic amines is 1. The quantitative estimate of drug-likeness (QED) is 0.337. The van der Waals surface area contributed by atoms with Crippen LogP contribution in [0.5, 0.6) is 0 Å². The van der Waals surface area contributed by atoms with Gasteiger partial charge in [-0.25, -0.2) is 0 Å². The van der Waals surface area contributed by atoms with E-state index in [4.69, 9.17) is 0 Å². The molecule has 5 rings (SSSR count). The largest absolute Gasteiger partial charge is 0.339 e. The Morgan fingerprint density at radius 2 is 1.70 bits per heavy atom.